The lowest BCUT2D eigenvalue weighted by atomic mass is 10.1. The molecular weight excluding hydrogens is 376 g/mol. The minimum atomic E-state index is -3.57. The van der Waals surface area contributed by atoms with Crippen molar-refractivity contribution in [1.82, 2.24) is 19.8 Å². The lowest BCUT2D eigenvalue weighted by molar-refractivity contribution is 0.0952. The van der Waals surface area contributed by atoms with Gasteiger partial charge in [0.25, 0.3) is 5.91 Å². The van der Waals surface area contributed by atoms with Crippen molar-refractivity contribution in [2.24, 2.45) is 0 Å². The Bertz CT molecular complexity index is 1100. The van der Waals surface area contributed by atoms with Crippen LogP contribution in [0.2, 0.25) is 0 Å². The molecular formula is C20H22N4O3S. The van der Waals surface area contributed by atoms with Crippen LogP contribution in [0.4, 0.5) is 0 Å². The number of nitrogens with one attached hydrogen (secondary N) is 2. The van der Waals surface area contributed by atoms with Crippen LogP contribution >= 0.6 is 0 Å². The Labute approximate surface area is 163 Å². The number of rotatable bonds is 5. The molecule has 1 aliphatic rings. The van der Waals surface area contributed by atoms with Gasteiger partial charge in [-0.15, -0.1) is 0 Å². The number of H-pyrrole nitrogens is 1. The van der Waals surface area contributed by atoms with E-state index in [4.69, 9.17) is 0 Å². The number of nitrogens with zero attached hydrogens (tertiary/aromatic N) is 2. The number of fused-ring (bicyclic) bond motifs is 1. The molecule has 7 nitrogen and oxygen atoms in total. The largest absolute Gasteiger partial charge is 0.348 e. The molecule has 0 atom stereocenters. The summed E-state index contributed by atoms with van der Waals surface area (Å²) in [6, 6.07) is 12.2. The molecule has 0 aliphatic carbocycles. The van der Waals surface area contributed by atoms with Gasteiger partial charge in [0.15, 0.2) is 0 Å². The quantitative estimate of drug-likeness (QED) is 0.691. The minimum Gasteiger partial charge on any atom is -0.348 e. The maximum Gasteiger partial charge on any atom is 0.253 e. The highest BCUT2D eigenvalue weighted by atomic mass is 32.2. The fourth-order valence-electron chi connectivity index (χ4n) is 3.57. The SMILES string of the molecule is O=C(NCc1ccccc1S(=O)(=O)N1CCCCC1)c1cccc2cn[nH]c12. The average molecular weight is 398 g/mol. The van der Waals surface area contributed by atoms with Crippen LogP contribution in [0.15, 0.2) is 53.6 Å². The summed E-state index contributed by atoms with van der Waals surface area (Å²) >= 11 is 0. The van der Waals surface area contributed by atoms with Crippen LogP contribution in [0, 0.1) is 0 Å². The van der Waals surface area contributed by atoms with Crippen LogP contribution in [0.25, 0.3) is 10.9 Å². The van der Waals surface area contributed by atoms with Crippen molar-refractivity contribution in [3.8, 4) is 0 Å². The van der Waals surface area contributed by atoms with Crippen molar-refractivity contribution < 1.29 is 13.2 Å². The van der Waals surface area contributed by atoms with Crippen LogP contribution in [0.5, 0.6) is 0 Å². The highest BCUT2D eigenvalue weighted by Crippen LogP contribution is 2.24. The molecule has 1 fully saturated rings. The van der Waals surface area contributed by atoms with Gasteiger partial charge in [0, 0.05) is 25.0 Å². The number of amides is 1. The first-order chi connectivity index (χ1) is 13.6. The molecule has 0 bridgehead atoms. The summed E-state index contributed by atoms with van der Waals surface area (Å²) in [6.07, 6.45) is 4.48. The molecule has 4 rings (SSSR count). The summed E-state index contributed by atoms with van der Waals surface area (Å²) in [4.78, 5) is 12.9. The zero-order chi connectivity index (χ0) is 19.6. The average Bonchev–Trinajstić information content (AvgIpc) is 3.22. The van der Waals surface area contributed by atoms with Crippen molar-refractivity contribution in [3.05, 3.63) is 59.8 Å². The number of carbonyl (C=O) groups is 1. The first kappa shape index (κ1) is 18.6. The molecule has 2 N–H and O–H groups in total. The first-order valence-corrected chi connectivity index (χ1v) is 10.8. The molecule has 146 valence electrons. The number of benzene rings is 2. The smallest absolute Gasteiger partial charge is 0.253 e. The van der Waals surface area contributed by atoms with E-state index in [-0.39, 0.29) is 17.3 Å². The van der Waals surface area contributed by atoms with Crippen molar-refractivity contribution >= 4 is 26.8 Å². The van der Waals surface area contributed by atoms with E-state index in [2.05, 4.69) is 15.5 Å². The normalized spacial score (nSPS) is 15.6. The first-order valence-electron chi connectivity index (χ1n) is 9.36. The van der Waals surface area contributed by atoms with Crippen LogP contribution in [0.1, 0.15) is 35.2 Å². The van der Waals surface area contributed by atoms with E-state index in [0.29, 0.717) is 29.7 Å². The second kappa shape index (κ2) is 7.73. The van der Waals surface area contributed by atoms with E-state index in [1.807, 2.05) is 6.07 Å². The Morgan fingerprint density at radius 2 is 1.86 bits per heavy atom. The lowest BCUT2D eigenvalue weighted by Gasteiger charge is -2.26. The summed E-state index contributed by atoms with van der Waals surface area (Å²) in [5.41, 5.74) is 1.72. The van der Waals surface area contributed by atoms with Crippen LogP contribution in [0.3, 0.4) is 0 Å². The Morgan fingerprint density at radius 3 is 2.68 bits per heavy atom. The third-order valence-corrected chi connectivity index (χ3v) is 7.07. The highest BCUT2D eigenvalue weighted by molar-refractivity contribution is 7.89. The van der Waals surface area contributed by atoms with Gasteiger partial charge in [0.2, 0.25) is 10.0 Å². The van der Waals surface area contributed by atoms with E-state index in [0.717, 1.165) is 24.6 Å². The molecule has 1 saturated heterocycles. The summed E-state index contributed by atoms with van der Waals surface area (Å²) in [7, 11) is -3.57. The number of hydrogen-bond acceptors (Lipinski definition) is 4. The highest BCUT2D eigenvalue weighted by Gasteiger charge is 2.28. The molecule has 0 radical (unpaired) electrons. The lowest BCUT2D eigenvalue weighted by Crippen LogP contribution is -2.36. The molecule has 1 aliphatic heterocycles. The van der Waals surface area contributed by atoms with Gasteiger partial charge >= 0.3 is 0 Å². The maximum atomic E-state index is 13.1. The summed E-state index contributed by atoms with van der Waals surface area (Å²) in [6.45, 7) is 1.22. The van der Waals surface area contributed by atoms with E-state index >= 15 is 0 Å². The second-order valence-electron chi connectivity index (χ2n) is 6.89. The van der Waals surface area contributed by atoms with Gasteiger partial charge in [-0.25, -0.2) is 8.42 Å². The van der Waals surface area contributed by atoms with Crippen molar-refractivity contribution in [1.29, 1.82) is 0 Å². The molecule has 2 heterocycles. The molecule has 2 aromatic carbocycles. The van der Waals surface area contributed by atoms with Crippen LogP contribution in [-0.2, 0) is 16.6 Å². The number of piperidine rings is 1. The number of hydrogen-bond donors (Lipinski definition) is 2. The number of aromatic nitrogens is 2. The molecule has 8 heteroatoms. The van der Waals surface area contributed by atoms with E-state index in [9.17, 15) is 13.2 Å². The van der Waals surface area contributed by atoms with Crippen LogP contribution in [-0.4, -0.2) is 41.9 Å². The van der Waals surface area contributed by atoms with Gasteiger partial charge in [-0.3, -0.25) is 9.89 Å². The zero-order valence-corrected chi connectivity index (χ0v) is 16.2. The Kier molecular flexibility index (Phi) is 5.15. The minimum absolute atomic E-state index is 0.132. The standard InChI is InChI=1S/C20H22N4O3S/c25-20(17-9-6-8-16-14-22-23-19(16)17)21-13-15-7-2-3-10-18(15)28(26,27)24-11-4-1-5-12-24/h2-3,6-10,14H,1,4-5,11-13H2,(H,21,25)(H,22,23). The zero-order valence-electron chi connectivity index (χ0n) is 15.4. The van der Waals surface area contributed by atoms with Gasteiger partial charge in [-0.05, 0) is 30.5 Å². The van der Waals surface area contributed by atoms with Crippen LogP contribution < -0.4 is 5.32 Å². The van der Waals surface area contributed by atoms with Gasteiger partial charge in [-0.1, -0.05) is 36.8 Å². The third kappa shape index (κ3) is 3.53. The number of aromatic amines is 1. The maximum absolute atomic E-state index is 13.1. The van der Waals surface area contributed by atoms with E-state index in [1.165, 1.54) is 0 Å². The van der Waals surface area contributed by atoms with E-state index in [1.54, 1.807) is 46.9 Å². The molecule has 1 amide bonds. The molecule has 0 unspecified atom stereocenters. The van der Waals surface area contributed by atoms with Crippen molar-refractivity contribution in [2.45, 2.75) is 30.7 Å². The predicted molar refractivity (Wildman–Crippen MR) is 106 cm³/mol. The third-order valence-electron chi connectivity index (χ3n) is 5.07. The topological polar surface area (TPSA) is 95.2 Å². The Hall–Kier alpha value is -2.71. The number of sulfonamides is 1. The molecule has 0 saturated carbocycles. The molecule has 1 aromatic heterocycles. The summed E-state index contributed by atoms with van der Waals surface area (Å²) < 4.78 is 27.7. The van der Waals surface area contributed by atoms with Gasteiger partial charge in [0.1, 0.15) is 0 Å². The Morgan fingerprint density at radius 1 is 1.07 bits per heavy atom. The number of para-hydroxylation sites is 1. The Balaban J connectivity index is 1.56. The fraction of sp³-hybridized carbons (Fsp3) is 0.300. The molecule has 0 spiro atoms. The monoisotopic (exact) mass is 398 g/mol. The van der Waals surface area contributed by atoms with Crippen molar-refractivity contribution in [3.63, 3.8) is 0 Å². The predicted octanol–water partition coefficient (Wildman–Crippen LogP) is 2.67. The molecule has 28 heavy (non-hydrogen) atoms. The second-order valence-corrected chi connectivity index (χ2v) is 8.80. The van der Waals surface area contributed by atoms with Gasteiger partial charge < -0.3 is 5.32 Å². The molecule has 3 aromatic rings. The fourth-order valence-corrected chi connectivity index (χ4v) is 5.31. The van der Waals surface area contributed by atoms with Gasteiger partial charge in [-0.2, -0.15) is 9.40 Å². The number of carbonyl (C=O) groups excluding carboxylic acids is 1. The summed E-state index contributed by atoms with van der Waals surface area (Å²) in [5.74, 6) is -0.278. The van der Waals surface area contributed by atoms with Gasteiger partial charge in [0.05, 0.1) is 22.2 Å². The van der Waals surface area contributed by atoms with Crippen molar-refractivity contribution in [2.75, 3.05) is 13.1 Å². The summed E-state index contributed by atoms with van der Waals surface area (Å²) in [5, 5.41) is 10.5. The van der Waals surface area contributed by atoms with E-state index < -0.39 is 10.0 Å².